The van der Waals surface area contributed by atoms with Crippen LogP contribution in [-0.4, -0.2) is 35.3 Å². The van der Waals surface area contributed by atoms with Gasteiger partial charge in [0.05, 0.1) is 17.7 Å². The zero-order valence-corrected chi connectivity index (χ0v) is 19.1. The molecule has 0 bridgehead atoms. The Bertz CT molecular complexity index is 1110. The van der Waals surface area contributed by atoms with E-state index in [1.165, 1.54) is 4.88 Å². The Balaban J connectivity index is 1.43. The summed E-state index contributed by atoms with van der Waals surface area (Å²) in [5.74, 6) is -0.626. The van der Waals surface area contributed by atoms with E-state index in [9.17, 15) is 9.59 Å². The molecule has 2 aliphatic rings. The van der Waals surface area contributed by atoms with Gasteiger partial charge in [-0.1, -0.05) is 23.8 Å². The van der Waals surface area contributed by atoms with Gasteiger partial charge in [-0.2, -0.15) is 0 Å². The number of hydrogen-bond acceptors (Lipinski definition) is 6. The van der Waals surface area contributed by atoms with Crippen molar-refractivity contribution in [2.75, 3.05) is 23.8 Å². The van der Waals surface area contributed by atoms with E-state index in [0.717, 1.165) is 41.3 Å². The lowest BCUT2D eigenvalue weighted by atomic mass is 9.97. The number of benzene rings is 1. The molecule has 4 heterocycles. The Morgan fingerprint density at radius 3 is 2.77 bits per heavy atom. The van der Waals surface area contributed by atoms with Gasteiger partial charge in [-0.3, -0.25) is 9.59 Å². The second kappa shape index (κ2) is 8.18. The number of hydrogen-bond donors (Lipinski definition) is 1. The molecule has 5 rings (SSSR count). The molecule has 0 spiro atoms. The zero-order chi connectivity index (χ0) is 21.5. The Morgan fingerprint density at radius 1 is 1.23 bits per heavy atom. The maximum Gasteiger partial charge on any atom is 0.232 e. The second-order valence-electron chi connectivity index (χ2n) is 8.24. The lowest BCUT2D eigenvalue weighted by molar-refractivity contribution is -0.122. The second-order valence-corrected chi connectivity index (χ2v) is 10.3. The Labute approximate surface area is 189 Å². The van der Waals surface area contributed by atoms with Gasteiger partial charge in [0.25, 0.3) is 0 Å². The van der Waals surface area contributed by atoms with Crippen LogP contribution < -0.4 is 10.2 Å². The summed E-state index contributed by atoms with van der Waals surface area (Å²) >= 11 is 3.12. The molecule has 8 heteroatoms. The SMILES string of the molecule is Cc1ccc(N2C(=O)C[C@H](C(=O)Nc3nc4c(s3)CN(C)CC4)[C@H]2c2cccs2)cc1. The van der Waals surface area contributed by atoms with Crippen molar-refractivity contribution in [2.24, 2.45) is 5.92 Å². The maximum atomic E-state index is 13.3. The molecule has 0 unspecified atom stereocenters. The minimum atomic E-state index is -0.462. The lowest BCUT2D eigenvalue weighted by Gasteiger charge is -2.27. The number of aryl methyl sites for hydroxylation is 1. The summed E-state index contributed by atoms with van der Waals surface area (Å²) in [6.07, 6.45) is 1.09. The Hall–Kier alpha value is -2.55. The average Bonchev–Trinajstić information content (AvgIpc) is 3.46. The highest BCUT2D eigenvalue weighted by molar-refractivity contribution is 7.15. The molecule has 3 aromatic rings. The number of likely N-dealkylation sites (N-methyl/N-ethyl adjacent to an activating group) is 1. The highest BCUT2D eigenvalue weighted by Gasteiger charge is 2.46. The highest BCUT2D eigenvalue weighted by Crippen LogP contribution is 2.43. The third-order valence-corrected chi connectivity index (χ3v) is 7.90. The predicted octanol–water partition coefficient (Wildman–Crippen LogP) is 4.23. The summed E-state index contributed by atoms with van der Waals surface area (Å²) in [6, 6.07) is 11.6. The number of aromatic nitrogens is 1. The van der Waals surface area contributed by atoms with Crippen molar-refractivity contribution < 1.29 is 9.59 Å². The van der Waals surface area contributed by atoms with Crippen molar-refractivity contribution in [3.8, 4) is 0 Å². The van der Waals surface area contributed by atoms with Crippen LogP contribution >= 0.6 is 22.7 Å². The Morgan fingerprint density at radius 2 is 2.03 bits per heavy atom. The molecule has 160 valence electrons. The number of thiazole rings is 1. The molecule has 2 atom stereocenters. The van der Waals surface area contributed by atoms with E-state index in [4.69, 9.17) is 0 Å². The number of anilines is 2. The van der Waals surface area contributed by atoms with Crippen LogP contribution in [0.2, 0.25) is 0 Å². The fourth-order valence-corrected chi connectivity index (χ4v) is 6.31. The van der Waals surface area contributed by atoms with Crippen LogP contribution in [0.3, 0.4) is 0 Å². The van der Waals surface area contributed by atoms with Crippen molar-refractivity contribution in [1.82, 2.24) is 9.88 Å². The van der Waals surface area contributed by atoms with Crippen molar-refractivity contribution in [3.05, 3.63) is 62.8 Å². The first-order valence-corrected chi connectivity index (χ1v) is 12.1. The minimum Gasteiger partial charge on any atom is -0.303 e. The molecule has 2 amide bonds. The zero-order valence-electron chi connectivity index (χ0n) is 17.5. The topological polar surface area (TPSA) is 65.5 Å². The van der Waals surface area contributed by atoms with Crippen molar-refractivity contribution in [3.63, 3.8) is 0 Å². The summed E-state index contributed by atoms with van der Waals surface area (Å²) < 4.78 is 0. The molecule has 1 saturated heterocycles. The number of rotatable bonds is 4. The van der Waals surface area contributed by atoms with Crippen LogP contribution in [0.15, 0.2) is 41.8 Å². The van der Waals surface area contributed by atoms with E-state index >= 15 is 0 Å². The molecule has 1 aromatic carbocycles. The highest BCUT2D eigenvalue weighted by atomic mass is 32.1. The molecule has 31 heavy (non-hydrogen) atoms. The molecule has 0 saturated carbocycles. The molecular weight excluding hydrogens is 428 g/mol. The van der Waals surface area contributed by atoms with E-state index in [0.29, 0.717) is 5.13 Å². The minimum absolute atomic E-state index is 0.0255. The average molecular weight is 453 g/mol. The van der Waals surface area contributed by atoms with Crippen LogP contribution in [0, 0.1) is 12.8 Å². The molecule has 2 aromatic heterocycles. The van der Waals surface area contributed by atoms with Gasteiger partial charge in [0.2, 0.25) is 11.8 Å². The first-order valence-electron chi connectivity index (χ1n) is 10.4. The molecule has 6 nitrogen and oxygen atoms in total. The van der Waals surface area contributed by atoms with E-state index in [-0.39, 0.29) is 24.3 Å². The lowest BCUT2D eigenvalue weighted by Crippen LogP contribution is -2.32. The molecular formula is C23H24N4O2S2. The van der Waals surface area contributed by atoms with E-state index < -0.39 is 5.92 Å². The Kier molecular flexibility index (Phi) is 5.37. The first-order chi connectivity index (χ1) is 15.0. The molecule has 1 fully saturated rings. The third kappa shape index (κ3) is 3.91. The van der Waals surface area contributed by atoms with Gasteiger partial charge in [0, 0.05) is 41.4 Å². The number of nitrogens with zero attached hydrogens (tertiary/aromatic N) is 3. The summed E-state index contributed by atoms with van der Waals surface area (Å²) in [5, 5.41) is 5.65. The first kappa shape index (κ1) is 20.4. The van der Waals surface area contributed by atoms with Crippen LogP contribution in [0.5, 0.6) is 0 Å². The fourth-order valence-electron chi connectivity index (χ4n) is 4.34. The van der Waals surface area contributed by atoms with Crippen LogP contribution in [-0.2, 0) is 22.6 Å². The summed E-state index contributed by atoms with van der Waals surface area (Å²) in [6.45, 7) is 3.87. The van der Waals surface area contributed by atoms with Crippen LogP contribution in [0.4, 0.5) is 10.8 Å². The summed E-state index contributed by atoms with van der Waals surface area (Å²) in [5.41, 5.74) is 3.05. The number of amides is 2. The molecule has 0 radical (unpaired) electrons. The smallest absolute Gasteiger partial charge is 0.232 e. The largest absolute Gasteiger partial charge is 0.303 e. The molecule has 0 aliphatic carbocycles. The van der Waals surface area contributed by atoms with E-state index in [1.807, 2.05) is 48.7 Å². The number of thiophene rings is 1. The van der Waals surface area contributed by atoms with Crippen LogP contribution in [0.25, 0.3) is 0 Å². The quantitative estimate of drug-likeness (QED) is 0.643. The van der Waals surface area contributed by atoms with Gasteiger partial charge in [-0.25, -0.2) is 4.98 Å². The number of nitrogens with one attached hydrogen (secondary N) is 1. The van der Waals surface area contributed by atoms with Gasteiger partial charge in [-0.15, -0.1) is 22.7 Å². The van der Waals surface area contributed by atoms with Gasteiger partial charge >= 0.3 is 0 Å². The van der Waals surface area contributed by atoms with Crippen molar-refractivity contribution in [1.29, 1.82) is 0 Å². The van der Waals surface area contributed by atoms with Gasteiger partial charge in [0.15, 0.2) is 5.13 Å². The van der Waals surface area contributed by atoms with Crippen molar-refractivity contribution >= 4 is 45.3 Å². The van der Waals surface area contributed by atoms with Gasteiger partial charge < -0.3 is 15.1 Å². The monoisotopic (exact) mass is 452 g/mol. The number of carbonyl (C=O) groups is 2. The predicted molar refractivity (Wildman–Crippen MR) is 125 cm³/mol. The number of carbonyl (C=O) groups excluding carboxylic acids is 2. The number of fused-ring (bicyclic) bond motifs is 1. The summed E-state index contributed by atoms with van der Waals surface area (Å²) in [7, 11) is 2.09. The molecule has 2 aliphatic heterocycles. The standard InChI is InChI=1S/C23H24N4O2S2/c1-14-5-7-15(8-6-14)27-20(28)12-16(21(27)18-4-3-11-30-18)22(29)25-23-24-17-9-10-26(2)13-19(17)31-23/h3-8,11,16,21H,9-10,12-13H2,1-2H3,(H,24,25,29)/t16-,21-/m0/s1. The van der Waals surface area contributed by atoms with Gasteiger partial charge in [0.1, 0.15) is 0 Å². The van der Waals surface area contributed by atoms with Gasteiger partial charge in [-0.05, 0) is 37.6 Å². The normalized spacial score (nSPS) is 21.4. The fraction of sp³-hybridized carbons (Fsp3) is 0.348. The van der Waals surface area contributed by atoms with Crippen LogP contribution in [0.1, 0.15) is 33.5 Å². The molecule has 1 N–H and O–H groups in total. The van der Waals surface area contributed by atoms with Crippen molar-refractivity contribution in [2.45, 2.75) is 32.4 Å². The van der Waals surface area contributed by atoms with E-state index in [1.54, 1.807) is 27.6 Å². The maximum absolute atomic E-state index is 13.3. The van der Waals surface area contributed by atoms with E-state index in [2.05, 4.69) is 22.2 Å². The third-order valence-electron chi connectivity index (χ3n) is 5.96. The summed E-state index contributed by atoms with van der Waals surface area (Å²) in [4.78, 5) is 37.3.